The van der Waals surface area contributed by atoms with Crippen LogP contribution >= 0.6 is 11.8 Å². The van der Waals surface area contributed by atoms with E-state index in [1.54, 1.807) is 17.2 Å². The van der Waals surface area contributed by atoms with Crippen LogP contribution in [-0.4, -0.2) is 23.6 Å². The first kappa shape index (κ1) is 14.7. The van der Waals surface area contributed by atoms with E-state index in [-0.39, 0.29) is 23.6 Å². The van der Waals surface area contributed by atoms with Crippen molar-refractivity contribution in [3.05, 3.63) is 48.4 Å². The van der Waals surface area contributed by atoms with Gasteiger partial charge < -0.3 is 9.73 Å². The Morgan fingerprint density at radius 3 is 2.95 bits per heavy atom. The van der Waals surface area contributed by atoms with Crippen molar-refractivity contribution in [2.24, 2.45) is 0 Å². The predicted octanol–water partition coefficient (Wildman–Crippen LogP) is 2.89. The molecule has 6 heteroatoms. The molecule has 1 aromatic carbocycles. The lowest BCUT2D eigenvalue weighted by atomic mass is 10.2. The average Bonchev–Trinajstić information content (AvgIpc) is 3.04. The number of thioether (sulfide) groups is 1. The molecule has 3 rings (SSSR count). The van der Waals surface area contributed by atoms with Gasteiger partial charge in [0.05, 0.1) is 28.6 Å². The van der Waals surface area contributed by atoms with E-state index in [1.165, 1.54) is 11.8 Å². The van der Waals surface area contributed by atoms with E-state index < -0.39 is 0 Å². The maximum Gasteiger partial charge on any atom is 0.244 e. The fourth-order valence-corrected chi connectivity index (χ4v) is 3.17. The van der Waals surface area contributed by atoms with E-state index in [9.17, 15) is 9.59 Å². The first-order valence-corrected chi connectivity index (χ1v) is 8.04. The molecule has 0 saturated heterocycles. The number of carbonyl (C=O) groups excluding carboxylic acids is 2. The Hall–Kier alpha value is -2.21. The summed E-state index contributed by atoms with van der Waals surface area (Å²) in [6.45, 7) is 1.91. The normalized spacial score (nSPS) is 15.1. The van der Waals surface area contributed by atoms with E-state index in [4.69, 9.17) is 4.42 Å². The van der Waals surface area contributed by atoms with Crippen molar-refractivity contribution in [1.29, 1.82) is 0 Å². The molecule has 22 heavy (non-hydrogen) atoms. The number of rotatable bonds is 4. The van der Waals surface area contributed by atoms with Crippen LogP contribution in [0.25, 0.3) is 0 Å². The summed E-state index contributed by atoms with van der Waals surface area (Å²) in [5.41, 5.74) is 1.42. The molecule has 114 valence electrons. The molecule has 1 aromatic heterocycles. The number of hydrogen-bond acceptors (Lipinski definition) is 4. The largest absolute Gasteiger partial charge is 0.468 e. The lowest BCUT2D eigenvalue weighted by molar-refractivity contribution is -0.121. The molecule has 0 unspecified atom stereocenters. The fourth-order valence-electron chi connectivity index (χ4n) is 2.32. The van der Waals surface area contributed by atoms with Crippen molar-refractivity contribution in [2.75, 3.05) is 16.8 Å². The summed E-state index contributed by atoms with van der Waals surface area (Å²) in [5.74, 6) is 1.22. The van der Waals surface area contributed by atoms with Gasteiger partial charge in [-0.2, -0.15) is 0 Å². The molecule has 1 aliphatic rings. The Labute approximate surface area is 132 Å². The van der Waals surface area contributed by atoms with Crippen molar-refractivity contribution >= 4 is 35.0 Å². The molecule has 0 aliphatic carbocycles. The van der Waals surface area contributed by atoms with E-state index >= 15 is 0 Å². The molecule has 0 spiro atoms. The van der Waals surface area contributed by atoms with Crippen LogP contribution in [-0.2, 0) is 15.3 Å². The highest BCUT2D eigenvalue weighted by atomic mass is 32.2. The minimum absolute atomic E-state index is 0.0570. The van der Waals surface area contributed by atoms with Gasteiger partial charge in [-0.05, 0) is 31.2 Å². The van der Waals surface area contributed by atoms with E-state index in [0.29, 0.717) is 11.4 Å². The quantitative estimate of drug-likeness (QED) is 0.942. The van der Waals surface area contributed by atoms with Gasteiger partial charge in [0.2, 0.25) is 11.8 Å². The van der Waals surface area contributed by atoms with Crippen molar-refractivity contribution < 1.29 is 14.0 Å². The van der Waals surface area contributed by atoms with Gasteiger partial charge in [-0.3, -0.25) is 14.5 Å². The highest BCUT2D eigenvalue weighted by molar-refractivity contribution is 7.99. The van der Waals surface area contributed by atoms with Crippen LogP contribution in [0, 0.1) is 0 Å². The summed E-state index contributed by atoms with van der Waals surface area (Å²) in [4.78, 5) is 26.0. The van der Waals surface area contributed by atoms with E-state index in [2.05, 4.69) is 5.32 Å². The number of fused-ring (bicyclic) bond motifs is 1. The van der Waals surface area contributed by atoms with Gasteiger partial charge in [0.15, 0.2) is 0 Å². The maximum atomic E-state index is 12.7. The first-order valence-electron chi connectivity index (χ1n) is 6.99. The highest BCUT2D eigenvalue weighted by Crippen LogP contribution is 2.31. The molecule has 2 amide bonds. The molecule has 5 nitrogen and oxygen atoms in total. The zero-order valence-electron chi connectivity index (χ0n) is 12.1. The summed E-state index contributed by atoms with van der Waals surface area (Å²) < 4.78 is 5.27. The molecule has 2 aromatic rings. The summed E-state index contributed by atoms with van der Waals surface area (Å²) in [6, 6.07) is 11.0. The van der Waals surface area contributed by atoms with Gasteiger partial charge in [-0.15, -0.1) is 11.8 Å². The highest BCUT2D eigenvalue weighted by Gasteiger charge is 2.29. The molecule has 0 radical (unpaired) electrons. The van der Waals surface area contributed by atoms with Gasteiger partial charge in [-0.1, -0.05) is 12.1 Å². The number of furan rings is 1. The third-order valence-corrected chi connectivity index (χ3v) is 4.59. The Bertz CT molecular complexity index is 684. The van der Waals surface area contributed by atoms with Crippen LogP contribution < -0.4 is 10.2 Å². The van der Waals surface area contributed by atoms with E-state index in [0.717, 1.165) is 11.4 Å². The molecular weight excluding hydrogens is 300 g/mol. The maximum absolute atomic E-state index is 12.7. The number of amides is 2. The van der Waals surface area contributed by atoms with Crippen LogP contribution in [0.5, 0.6) is 0 Å². The minimum Gasteiger partial charge on any atom is -0.468 e. The number of nitrogens with zero attached hydrogens (tertiary/aromatic N) is 1. The SMILES string of the molecule is C[C@@H](SCc1ccco1)C(=O)N1CC(=O)Nc2ccccc21. The lowest BCUT2D eigenvalue weighted by Gasteiger charge is -2.30. The zero-order chi connectivity index (χ0) is 15.5. The number of para-hydroxylation sites is 2. The molecule has 0 saturated carbocycles. The molecule has 0 bridgehead atoms. The van der Waals surface area contributed by atoms with Crippen LogP contribution in [0.1, 0.15) is 12.7 Å². The molecule has 1 N–H and O–H groups in total. The summed E-state index contributed by atoms with van der Waals surface area (Å²) in [7, 11) is 0. The van der Waals surface area contributed by atoms with Gasteiger partial charge in [0, 0.05) is 0 Å². The van der Waals surface area contributed by atoms with Crippen LogP contribution in [0.15, 0.2) is 47.1 Å². The van der Waals surface area contributed by atoms with Crippen molar-refractivity contribution in [3.63, 3.8) is 0 Å². The Kier molecular flexibility index (Phi) is 4.20. The number of benzene rings is 1. The minimum atomic E-state index is -0.260. The summed E-state index contributed by atoms with van der Waals surface area (Å²) in [6.07, 6.45) is 1.62. The predicted molar refractivity (Wildman–Crippen MR) is 86.9 cm³/mol. The fraction of sp³-hybridized carbons (Fsp3) is 0.250. The number of anilines is 2. The molecular formula is C16H16N2O3S. The third kappa shape index (κ3) is 3.01. The standard InChI is InChI=1S/C16H16N2O3S/c1-11(22-10-12-5-4-8-21-12)16(20)18-9-15(19)17-13-6-2-3-7-14(13)18/h2-8,11H,9-10H2,1H3,(H,17,19)/t11-/m1/s1. The second-order valence-electron chi connectivity index (χ2n) is 5.02. The van der Waals surface area contributed by atoms with Crippen LogP contribution in [0.3, 0.4) is 0 Å². The summed E-state index contributed by atoms with van der Waals surface area (Å²) in [5, 5.41) is 2.52. The van der Waals surface area contributed by atoms with Crippen LogP contribution in [0.2, 0.25) is 0 Å². The zero-order valence-corrected chi connectivity index (χ0v) is 12.9. The Balaban J connectivity index is 1.72. The van der Waals surface area contributed by atoms with Crippen molar-refractivity contribution in [3.8, 4) is 0 Å². The molecule has 0 fully saturated rings. The second-order valence-corrected chi connectivity index (χ2v) is 6.35. The second kappa shape index (κ2) is 6.27. The lowest BCUT2D eigenvalue weighted by Crippen LogP contribution is -2.45. The first-order chi connectivity index (χ1) is 10.6. The molecule has 1 atom stereocenters. The Morgan fingerprint density at radius 2 is 2.18 bits per heavy atom. The molecule has 1 aliphatic heterocycles. The average molecular weight is 316 g/mol. The number of nitrogens with one attached hydrogen (secondary N) is 1. The van der Waals surface area contributed by atoms with Gasteiger partial charge in [-0.25, -0.2) is 0 Å². The van der Waals surface area contributed by atoms with Crippen LogP contribution in [0.4, 0.5) is 11.4 Å². The van der Waals surface area contributed by atoms with Crippen molar-refractivity contribution in [1.82, 2.24) is 0 Å². The smallest absolute Gasteiger partial charge is 0.244 e. The van der Waals surface area contributed by atoms with Gasteiger partial charge in [0.1, 0.15) is 12.3 Å². The Morgan fingerprint density at radius 1 is 1.36 bits per heavy atom. The monoisotopic (exact) mass is 316 g/mol. The topological polar surface area (TPSA) is 62.6 Å². The van der Waals surface area contributed by atoms with Gasteiger partial charge in [0.25, 0.3) is 0 Å². The number of carbonyl (C=O) groups is 2. The third-order valence-electron chi connectivity index (χ3n) is 3.44. The number of hydrogen-bond donors (Lipinski definition) is 1. The summed E-state index contributed by atoms with van der Waals surface area (Å²) >= 11 is 1.50. The van der Waals surface area contributed by atoms with Crippen molar-refractivity contribution in [2.45, 2.75) is 17.9 Å². The molecule has 2 heterocycles. The van der Waals surface area contributed by atoms with Gasteiger partial charge >= 0.3 is 0 Å². The van der Waals surface area contributed by atoms with E-state index in [1.807, 2.05) is 37.3 Å².